The van der Waals surface area contributed by atoms with Crippen molar-refractivity contribution in [2.75, 3.05) is 0 Å². The fraction of sp³-hybridized carbons (Fsp3) is 0.261. The maximum atomic E-state index is 13.3. The number of aromatic nitrogens is 4. The summed E-state index contributed by atoms with van der Waals surface area (Å²) < 4.78 is 43.5. The molecule has 1 aliphatic rings. The molecule has 4 aromatic rings. The summed E-state index contributed by atoms with van der Waals surface area (Å²) in [5.74, 6) is 0.280. The Kier molecular flexibility index (Phi) is 4.76. The number of fused-ring (bicyclic) bond motifs is 1. The lowest BCUT2D eigenvalue weighted by Crippen LogP contribution is -2.40. The zero-order chi connectivity index (χ0) is 22.5. The molecule has 0 amide bonds. The van der Waals surface area contributed by atoms with E-state index in [0.29, 0.717) is 17.8 Å². The van der Waals surface area contributed by atoms with Crippen molar-refractivity contribution in [1.29, 1.82) is 0 Å². The Morgan fingerprint density at radius 1 is 1.00 bits per heavy atom. The average Bonchev–Trinajstić information content (AvgIpc) is 3.50. The Balaban J connectivity index is 1.69. The van der Waals surface area contributed by atoms with Gasteiger partial charge in [0, 0.05) is 13.1 Å². The molecule has 32 heavy (non-hydrogen) atoms. The molecule has 1 aliphatic carbocycles. The molecular formula is C23H19F3N4O2. The van der Waals surface area contributed by atoms with Gasteiger partial charge in [0.1, 0.15) is 0 Å². The number of hydrogen-bond donors (Lipinski definition) is 0. The van der Waals surface area contributed by atoms with Crippen LogP contribution in [0.2, 0.25) is 0 Å². The first-order valence-electron chi connectivity index (χ1n) is 10.2. The van der Waals surface area contributed by atoms with Crippen LogP contribution < -0.4 is 11.2 Å². The summed E-state index contributed by atoms with van der Waals surface area (Å²) in [6.07, 6.45) is -1.15. The van der Waals surface area contributed by atoms with Crippen LogP contribution in [-0.2, 0) is 19.3 Å². The molecule has 0 saturated heterocycles. The van der Waals surface area contributed by atoms with E-state index in [0.717, 1.165) is 25.0 Å². The third kappa shape index (κ3) is 3.63. The second-order valence-electron chi connectivity index (χ2n) is 8.06. The molecule has 6 nitrogen and oxygen atoms in total. The van der Waals surface area contributed by atoms with Gasteiger partial charge in [-0.25, -0.2) is 14.3 Å². The Bertz CT molecular complexity index is 1410. The predicted molar refractivity (Wildman–Crippen MR) is 113 cm³/mol. The molecule has 2 aromatic heterocycles. The van der Waals surface area contributed by atoms with E-state index < -0.39 is 23.0 Å². The van der Waals surface area contributed by atoms with Gasteiger partial charge in [0.25, 0.3) is 5.56 Å². The number of halogens is 3. The van der Waals surface area contributed by atoms with Gasteiger partial charge < -0.3 is 4.57 Å². The standard InChI is InChI=1S/C23H19F3N4O2/c24-23(25,26)17-6-4-5-16(11-17)12-28-14-27-20-19(28)21(31)29(13-15-9-10-15)22(32)30(20)18-7-2-1-3-8-18/h1-8,11,14-15H,9-10,12-13H2. The molecule has 0 aliphatic heterocycles. The molecule has 2 heterocycles. The van der Waals surface area contributed by atoms with E-state index in [1.165, 1.54) is 26.1 Å². The Morgan fingerprint density at radius 2 is 1.75 bits per heavy atom. The van der Waals surface area contributed by atoms with Gasteiger partial charge in [-0.1, -0.05) is 30.3 Å². The highest BCUT2D eigenvalue weighted by molar-refractivity contribution is 5.72. The first-order valence-corrected chi connectivity index (χ1v) is 10.2. The molecule has 0 bridgehead atoms. The van der Waals surface area contributed by atoms with E-state index in [-0.39, 0.29) is 23.6 Å². The zero-order valence-electron chi connectivity index (χ0n) is 16.9. The van der Waals surface area contributed by atoms with Gasteiger partial charge in [0.15, 0.2) is 11.2 Å². The quantitative estimate of drug-likeness (QED) is 0.474. The largest absolute Gasteiger partial charge is 0.416 e. The second kappa shape index (κ2) is 7.51. The maximum Gasteiger partial charge on any atom is 0.416 e. The van der Waals surface area contributed by atoms with E-state index in [9.17, 15) is 22.8 Å². The van der Waals surface area contributed by atoms with Gasteiger partial charge in [0.05, 0.1) is 17.6 Å². The first kappa shape index (κ1) is 20.3. The summed E-state index contributed by atoms with van der Waals surface area (Å²) in [4.78, 5) is 30.9. The average molecular weight is 440 g/mol. The fourth-order valence-electron chi connectivity index (χ4n) is 3.87. The van der Waals surface area contributed by atoms with Crippen molar-refractivity contribution < 1.29 is 13.2 Å². The number of alkyl halides is 3. The molecule has 164 valence electrons. The number of rotatable bonds is 5. The van der Waals surface area contributed by atoms with Crippen molar-refractivity contribution in [2.24, 2.45) is 5.92 Å². The number of hydrogen-bond acceptors (Lipinski definition) is 3. The summed E-state index contributed by atoms with van der Waals surface area (Å²) in [7, 11) is 0. The molecule has 0 radical (unpaired) electrons. The van der Waals surface area contributed by atoms with Crippen molar-refractivity contribution >= 4 is 11.2 Å². The maximum absolute atomic E-state index is 13.3. The highest BCUT2D eigenvalue weighted by atomic mass is 19.4. The normalized spacial score (nSPS) is 14.2. The molecule has 5 rings (SSSR count). The van der Waals surface area contributed by atoms with Crippen LogP contribution in [0.25, 0.3) is 16.9 Å². The van der Waals surface area contributed by atoms with Crippen LogP contribution in [0.5, 0.6) is 0 Å². The Hall–Kier alpha value is -3.62. The van der Waals surface area contributed by atoms with E-state index in [4.69, 9.17) is 0 Å². The van der Waals surface area contributed by atoms with Gasteiger partial charge in [0.2, 0.25) is 0 Å². The monoisotopic (exact) mass is 440 g/mol. The van der Waals surface area contributed by atoms with E-state index >= 15 is 0 Å². The second-order valence-corrected chi connectivity index (χ2v) is 8.06. The van der Waals surface area contributed by atoms with Crippen molar-refractivity contribution in [3.05, 3.63) is 92.9 Å². The minimum Gasteiger partial charge on any atom is -0.320 e. The minimum atomic E-state index is -4.46. The van der Waals surface area contributed by atoms with Gasteiger partial charge in [-0.15, -0.1) is 0 Å². The summed E-state index contributed by atoms with van der Waals surface area (Å²) in [6.45, 7) is 0.335. The molecule has 0 atom stereocenters. The van der Waals surface area contributed by atoms with Crippen molar-refractivity contribution in [2.45, 2.75) is 32.1 Å². The van der Waals surface area contributed by atoms with Crippen molar-refractivity contribution in [3.63, 3.8) is 0 Å². The topological polar surface area (TPSA) is 61.8 Å². The predicted octanol–water partition coefficient (Wildman–Crippen LogP) is 3.83. The molecule has 2 aromatic carbocycles. The Labute approximate surface area is 180 Å². The van der Waals surface area contributed by atoms with E-state index in [1.54, 1.807) is 30.3 Å². The molecular weight excluding hydrogens is 421 g/mol. The van der Waals surface area contributed by atoms with E-state index in [2.05, 4.69) is 4.98 Å². The van der Waals surface area contributed by atoms with Crippen LogP contribution in [-0.4, -0.2) is 18.7 Å². The lowest BCUT2D eigenvalue weighted by molar-refractivity contribution is -0.137. The third-order valence-corrected chi connectivity index (χ3v) is 5.66. The summed E-state index contributed by atoms with van der Waals surface area (Å²) in [5.41, 5.74) is -0.386. The van der Waals surface area contributed by atoms with Crippen LogP contribution in [0.15, 0.2) is 70.5 Å². The SMILES string of the molecule is O=c1c2c(ncn2Cc2cccc(C(F)(F)F)c2)n(-c2ccccc2)c(=O)n1CC1CC1. The van der Waals surface area contributed by atoms with E-state index in [1.807, 2.05) is 6.07 Å². The lowest BCUT2D eigenvalue weighted by Gasteiger charge is -2.13. The summed E-state index contributed by atoms with van der Waals surface area (Å²) >= 11 is 0. The molecule has 9 heteroatoms. The number of benzene rings is 2. The lowest BCUT2D eigenvalue weighted by atomic mass is 10.1. The van der Waals surface area contributed by atoms with Gasteiger partial charge in [-0.05, 0) is 48.6 Å². The van der Waals surface area contributed by atoms with Crippen molar-refractivity contribution in [1.82, 2.24) is 18.7 Å². The van der Waals surface area contributed by atoms with Crippen LogP contribution >= 0.6 is 0 Å². The first-order chi connectivity index (χ1) is 15.3. The number of imidazole rings is 1. The Morgan fingerprint density at radius 3 is 2.44 bits per heavy atom. The fourth-order valence-corrected chi connectivity index (χ4v) is 3.87. The smallest absolute Gasteiger partial charge is 0.320 e. The number of nitrogens with zero attached hydrogens (tertiary/aromatic N) is 4. The van der Waals surface area contributed by atoms with Crippen LogP contribution in [0.3, 0.4) is 0 Å². The van der Waals surface area contributed by atoms with Gasteiger partial charge >= 0.3 is 11.9 Å². The highest BCUT2D eigenvalue weighted by Gasteiger charge is 2.30. The van der Waals surface area contributed by atoms with Crippen LogP contribution in [0.1, 0.15) is 24.0 Å². The van der Waals surface area contributed by atoms with Crippen LogP contribution in [0, 0.1) is 5.92 Å². The molecule has 0 unspecified atom stereocenters. The number of para-hydroxylation sites is 1. The van der Waals surface area contributed by atoms with Gasteiger partial charge in [-0.3, -0.25) is 9.36 Å². The van der Waals surface area contributed by atoms with Gasteiger partial charge in [-0.2, -0.15) is 13.2 Å². The highest BCUT2D eigenvalue weighted by Crippen LogP contribution is 2.31. The molecule has 1 fully saturated rings. The third-order valence-electron chi connectivity index (χ3n) is 5.66. The molecule has 0 N–H and O–H groups in total. The summed E-state index contributed by atoms with van der Waals surface area (Å²) in [5, 5.41) is 0. The van der Waals surface area contributed by atoms with Crippen molar-refractivity contribution in [3.8, 4) is 5.69 Å². The molecule has 1 saturated carbocycles. The van der Waals surface area contributed by atoms with Crippen LogP contribution in [0.4, 0.5) is 13.2 Å². The zero-order valence-corrected chi connectivity index (χ0v) is 16.9. The molecule has 0 spiro atoms. The summed E-state index contributed by atoms with van der Waals surface area (Å²) in [6, 6.07) is 13.8. The minimum absolute atomic E-state index is 0.0199.